The summed E-state index contributed by atoms with van der Waals surface area (Å²) in [5.74, 6) is 0. The van der Waals surface area contributed by atoms with Crippen LogP contribution in [0.3, 0.4) is 0 Å². The van der Waals surface area contributed by atoms with Crippen molar-refractivity contribution in [2.75, 3.05) is 5.32 Å². The molecule has 1 aliphatic rings. The fourth-order valence-corrected chi connectivity index (χ4v) is 4.56. The maximum atomic E-state index is 11.6. The maximum Gasteiger partial charge on any atom is 0.239 e. The van der Waals surface area contributed by atoms with Gasteiger partial charge in [0.05, 0.1) is 5.02 Å². The Bertz CT molecular complexity index is 801. The quantitative estimate of drug-likeness (QED) is 0.858. The third-order valence-electron chi connectivity index (χ3n) is 3.84. The molecule has 0 spiro atoms. The fraction of sp³-hybridized carbons (Fsp3) is 0.429. The number of hydrogen-bond donors (Lipinski definition) is 2. The zero-order valence-corrected chi connectivity index (χ0v) is 14.7. The minimum atomic E-state index is -3.87. The second-order valence-electron chi connectivity index (χ2n) is 5.58. The molecule has 1 heterocycles. The summed E-state index contributed by atoms with van der Waals surface area (Å²) in [5.41, 5.74) is 0.632. The summed E-state index contributed by atoms with van der Waals surface area (Å²) in [5, 5.41) is 18.3. The lowest BCUT2D eigenvalue weighted by Gasteiger charge is -2.21. The predicted molar refractivity (Wildman–Crippen MR) is 92.2 cm³/mol. The maximum absolute atomic E-state index is 11.6. The zero-order chi connectivity index (χ0) is 16.4. The number of hydrogen-bond acceptors (Lipinski definition) is 6. The second kappa shape index (κ2) is 6.72. The van der Waals surface area contributed by atoms with E-state index >= 15 is 0 Å². The number of halogens is 1. The first kappa shape index (κ1) is 16.6. The second-order valence-corrected chi connectivity index (χ2v) is 8.50. The molecule has 124 valence electrons. The van der Waals surface area contributed by atoms with Crippen molar-refractivity contribution >= 4 is 38.1 Å². The van der Waals surface area contributed by atoms with E-state index in [9.17, 15) is 8.42 Å². The Kier molecular flexibility index (Phi) is 4.86. The minimum absolute atomic E-state index is 0.0984. The molecule has 9 heteroatoms. The highest BCUT2D eigenvalue weighted by atomic mass is 35.5. The molecule has 0 unspecified atom stereocenters. The van der Waals surface area contributed by atoms with Crippen LogP contribution in [0.1, 0.15) is 32.1 Å². The summed E-state index contributed by atoms with van der Waals surface area (Å²) in [6.07, 6.45) is 6.05. The molecule has 6 nitrogen and oxygen atoms in total. The number of aromatic nitrogens is 2. The van der Waals surface area contributed by atoms with Crippen LogP contribution >= 0.6 is 22.9 Å². The standard InChI is InChI=1S/C14H17ClN4O2S2/c15-11-7-6-9(8-12(11)23(16,20)21)13-18-19-14(22-13)17-10-4-2-1-3-5-10/h6-8,10H,1-5H2,(H,17,19)(H2,16,20,21). The van der Waals surface area contributed by atoms with Gasteiger partial charge in [-0.1, -0.05) is 48.3 Å². The molecule has 3 N–H and O–H groups in total. The Balaban J connectivity index is 1.82. The molecule has 1 aromatic carbocycles. The highest BCUT2D eigenvalue weighted by Gasteiger charge is 2.18. The monoisotopic (exact) mass is 372 g/mol. The molecule has 0 aliphatic heterocycles. The topological polar surface area (TPSA) is 98.0 Å². The number of sulfonamides is 1. The molecule has 23 heavy (non-hydrogen) atoms. The molecule has 1 aromatic heterocycles. The number of anilines is 1. The Hall–Kier alpha value is -1.22. The van der Waals surface area contributed by atoms with Crippen LogP contribution in [0.25, 0.3) is 10.6 Å². The first-order chi connectivity index (χ1) is 10.9. The van der Waals surface area contributed by atoms with Crippen LogP contribution in [0.4, 0.5) is 5.13 Å². The van der Waals surface area contributed by atoms with Crippen LogP contribution in [0, 0.1) is 0 Å². The molecule has 1 saturated carbocycles. The number of nitrogens with two attached hydrogens (primary N) is 1. The first-order valence-electron chi connectivity index (χ1n) is 7.36. The lowest BCUT2D eigenvalue weighted by Crippen LogP contribution is -2.21. The number of rotatable bonds is 4. The summed E-state index contributed by atoms with van der Waals surface area (Å²) in [7, 11) is -3.87. The summed E-state index contributed by atoms with van der Waals surface area (Å²) in [6, 6.07) is 5.09. The third-order valence-corrected chi connectivity index (χ3v) is 6.14. The van der Waals surface area contributed by atoms with Gasteiger partial charge in [0.1, 0.15) is 9.90 Å². The molecule has 0 radical (unpaired) electrons. The number of nitrogens with one attached hydrogen (secondary N) is 1. The molecule has 1 fully saturated rings. The van der Waals surface area contributed by atoms with Crippen molar-refractivity contribution in [3.8, 4) is 10.6 Å². The van der Waals surface area contributed by atoms with E-state index in [2.05, 4.69) is 15.5 Å². The summed E-state index contributed by atoms with van der Waals surface area (Å²) >= 11 is 7.29. The molecule has 0 saturated heterocycles. The summed E-state index contributed by atoms with van der Waals surface area (Å²) in [6.45, 7) is 0. The van der Waals surface area contributed by atoms with Gasteiger partial charge in [-0.05, 0) is 25.0 Å². The molecule has 0 atom stereocenters. The van der Waals surface area contributed by atoms with E-state index in [0.29, 0.717) is 16.6 Å². The van der Waals surface area contributed by atoms with Crippen LogP contribution in [-0.2, 0) is 10.0 Å². The van der Waals surface area contributed by atoms with E-state index in [1.165, 1.54) is 42.7 Å². The Morgan fingerprint density at radius 3 is 2.65 bits per heavy atom. The van der Waals surface area contributed by atoms with E-state index in [-0.39, 0.29) is 9.92 Å². The largest absolute Gasteiger partial charge is 0.357 e. The Morgan fingerprint density at radius 1 is 1.22 bits per heavy atom. The van der Waals surface area contributed by atoms with Gasteiger partial charge in [0.15, 0.2) is 0 Å². The lowest BCUT2D eigenvalue weighted by atomic mass is 9.96. The molecule has 3 rings (SSSR count). The van der Waals surface area contributed by atoms with Gasteiger partial charge in [-0.25, -0.2) is 13.6 Å². The average molecular weight is 373 g/mol. The third kappa shape index (κ3) is 4.00. The number of primary sulfonamides is 1. The van der Waals surface area contributed by atoms with Gasteiger partial charge >= 0.3 is 0 Å². The fourth-order valence-electron chi connectivity index (χ4n) is 2.67. The van der Waals surface area contributed by atoms with Crippen LogP contribution in [-0.4, -0.2) is 24.7 Å². The summed E-state index contributed by atoms with van der Waals surface area (Å²) < 4.78 is 23.1. The van der Waals surface area contributed by atoms with Crippen molar-refractivity contribution in [3.63, 3.8) is 0 Å². The van der Waals surface area contributed by atoms with E-state index in [4.69, 9.17) is 16.7 Å². The molecule has 0 amide bonds. The van der Waals surface area contributed by atoms with Crippen molar-refractivity contribution in [2.24, 2.45) is 5.14 Å². The van der Waals surface area contributed by atoms with Crippen molar-refractivity contribution in [2.45, 2.75) is 43.0 Å². The van der Waals surface area contributed by atoms with Crippen molar-refractivity contribution in [3.05, 3.63) is 23.2 Å². The van der Waals surface area contributed by atoms with Crippen LogP contribution in [0.15, 0.2) is 23.1 Å². The van der Waals surface area contributed by atoms with Crippen molar-refractivity contribution < 1.29 is 8.42 Å². The molecule has 2 aromatic rings. The van der Waals surface area contributed by atoms with E-state index in [1.54, 1.807) is 6.07 Å². The molecular formula is C14H17ClN4O2S2. The van der Waals surface area contributed by atoms with Gasteiger partial charge in [-0.3, -0.25) is 0 Å². The SMILES string of the molecule is NS(=O)(=O)c1cc(-c2nnc(NC3CCCCC3)s2)ccc1Cl. The first-order valence-corrected chi connectivity index (χ1v) is 10.1. The van der Waals surface area contributed by atoms with Gasteiger partial charge in [-0.2, -0.15) is 0 Å². The number of benzene rings is 1. The zero-order valence-electron chi connectivity index (χ0n) is 12.3. The highest BCUT2D eigenvalue weighted by molar-refractivity contribution is 7.89. The minimum Gasteiger partial charge on any atom is -0.357 e. The smallest absolute Gasteiger partial charge is 0.239 e. The average Bonchev–Trinajstić information content (AvgIpc) is 2.96. The van der Waals surface area contributed by atoms with Crippen LogP contribution in [0.5, 0.6) is 0 Å². The molecule has 0 bridgehead atoms. The Labute approximate surface area is 144 Å². The van der Waals surface area contributed by atoms with Gasteiger partial charge in [0.25, 0.3) is 0 Å². The van der Waals surface area contributed by atoms with Gasteiger partial charge in [-0.15, -0.1) is 10.2 Å². The van der Waals surface area contributed by atoms with Crippen molar-refractivity contribution in [1.29, 1.82) is 0 Å². The van der Waals surface area contributed by atoms with Crippen molar-refractivity contribution in [1.82, 2.24) is 10.2 Å². The normalized spacial score (nSPS) is 16.4. The number of nitrogens with zero attached hydrogens (tertiary/aromatic N) is 2. The summed E-state index contributed by atoms with van der Waals surface area (Å²) in [4.78, 5) is -0.103. The lowest BCUT2D eigenvalue weighted by molar-refractivity contribution is 0.462. The molecular weight excluding hydrogens is 356 g/mol. The molecule has 1 aliphatic carbocycles. The van der Waals surface area contributed by atoms with E-state index in [0.717, 1.165) is 18.0 Å². The van der Waals surface area contributed by atoms with E-state index in [1.807, 2.05) is 0 Å². The van der Waals surface area contributed by atoms with Crippen LogP contribution < -0.4 is 10.5 Å². The Morgan fingerprint density at radius 2 is 1.96 bits per heavy atom. The van der Waals surface area contributed by atoms with Gasteiger partial charge in [0, 0.05) is 11.6 Å². The van der Waals surface area contributed by atoms with Gasteiger partial charge < -0.3 is 5.32 Å². The van der Waals surface area contributed by atoms with Gasteiger partial charge in [0.2, 0.25) is 15.2 Å². The highest BCUT2D eigenvalue weighted by Crippen LogP contribution is 2.32. The predicted octanol–water partition coefficient (Wildman–Crippen LogP) is 3.25. The van der Waals surface area contributed by atoms with Crippen LogP contribution in [0.2, 0.25) is 5.02 Å². The van der Waals surface area contributed by atoms with E-state index < -0.39 is 10.0 Å².